The number of hydrogen-bond donors (Lipinski definition) is 2. The van der Waals surface area contributed by atoms with Gasteiger partial charge in [0.15, 0.2) is 0 Å². The molecule has 2 N–H and O–H groups in total. The minimum atomic E-state index is -0.322. The van der Waals surface area contributed by atoms with E-state index in [4.69, 9.17) is 4.74 Å². The predicted octanol–water partition coefficient (Wildman–Crippen LogP) is 1.53. The molecule has 1 heterocycles. The largest absolute Gasteiger partial charge is 0.367 e. The first kappa shape index (κ1) is 13.0. The summed E-state index contributed by atoms with van der Waals surface area (Å²) in [7, 11) is 0. The van der Waals surface area contributed by atoms with Crippen LogP contribution in [0.25, 0.3) is 0 Å². The fourth-order valence-electron chi connectivity index (χ4n) is 1.89. The molecule has 98 valence electrons. The molecule has 1 atom stereocenters. The molecule has 0 bridgehead atoms. The van der Waals surface area contributed by atoms with Crippen molar-refractivity contribution in [3.8, 4) is 0 Å². The van der Waals surface area contributed by atoms with Crippen molar-refractivity contribution in [1.29, 1.82) is 0 Å². The van der Waals surface area contributed by atoms with Crippen LogP contribution in [0.3, 0.4) is 0 Å². The summed E-state index contributed by atoms with van der Waals surface area (Å²) in [5, 5.41) is 5.87. The average molecular weight is 252 g/mol. The summed E-state index contributed by atoms with van der Waals surface area (Å²) in [5.41, 5.74) is 0.576. The first-order chi connectivity index (χ1) is 8.74. The van der Waals surface area contributed by atoms with E-state index in [1.165, 1.54) is 24.3 Å². The third kappa shape index (κ3) is 4.09. The number of anilines is 1. The molecule has 18 heavy (non-hydrogen) atoms. The van der Waals surface area contributed by atoms with Crippen LogP contribution in [0.2, 0.25) is 0 Å². The van der Waals surface area contributed by atoms with Crippen molar-refractivity contribution in [2.24, 2.45) is 0 Å². The Morgan fingerprint density at radius 1 is 1.44 bits per heavy atom. The topological polar surface area (TPSA) is 50.4 Å². The molecule has 5 heteroatoms. The molecule has 1 aliphatic rings. The van der Waals surface area contributed by atoms with Crippen LogP contribution < -0.4 is 10.6 Å². The van der Waals surface area contributed by atoms with Gasteiger partial charge in [-0.2, -0.15) is 0 Å². The second-order valence-corrected chi connectivity index (χ2v) is 4.33. The van der Waals surface area contributed by atoms with Gasteiger partial charge in [0, 0.05) is 12.2 Å². The maximum atomic E-state index is 12.7. The van der Waals surface area contributed by atoms with E-state index in [1.54, 1.807) is 0 Å². The number of halogens is 1. The highest BCUT2D eigenvalue weighted by molar-refractivity contribution is 5.91. The monoisotopic (exact) mass is 252 g/mol. The van der Waals surface area contributed by atoms with Crippen molar-refractivity contribution in [1.82, 2.24) is 5.32 Å². The van der Waals surface area contributed by atoms with E-state index in [0.717, 1.165) is 25.9 Å². The van der Waals surface area contributed by atoms with Crippen LogP contribution >= 0.6 is 0 Å². The Hall–Kier alpha value is -1.46. The first-order valence-electron chi connectivity index (χ1n) is 6.12. The van der Waals surface area contributed by atoms with Crippen molar-refractivity contribution < 1.29 is 13.9 Å². The average Bonchev–Trinajstić information content (AvgIpc) is 2.40. The summed E-state index contributed by atoms with van der Waals surface area (Å²) in [6, 6.07) is 5.66. The second-order valence-electron chi connectivity index (χ2n) is 4.33. The van der Waals surface area contributed by atoms with Crippen molar-refractivity contribution >= 4 is 11.6 Å². The Balaban J connectivity index is 1.73. The standard InChI is InChI=1S/C13H17FN2O2/c14-10-3-5-11(6-4-10)16-13(17)9-18-12-2-1-7-15-8-12/h3-6,12,15H,1-2,7-9H2,(H,16,17). The maximum Gasteiger partial charge on any atom is 0.250 e. The van der Waals surface area contributed by atoms with Gasteiger partial charge in [0.25, 0.3) is 0 Å². The molecule has 1 amide bonds. The number of ether oxygens (including phenoxy) is 1. The highest BCUT2D eigenvalue weighted by Gasteiger charge is 2.14. The number of piperidine rings is 1. The molecule has 1 fully saturated rings. The zero-order valence-electron chi connectivity index (χ0n) is 10.1. The van der Waals surface area contributed by atoms with Crippen LogP contribution in [-0.4, -0.2) is 31.7 Å². The van der Waals surface area contributed by atoms with Crippen molar-refractivity contribution in [2.75, 3.05) is 25.0 Å². The summed E-state index contributed by atoms with van der Waals surface area (Å²) in [5.74, 6) is -0.537. The lowest BCUT2D eigenvalue weighted by molar-refractivity contribution is -0.122. The number of rotatable bonds is 4. The van der Waals surface area contributed by atoms with E-state index < -0.39 is 0 Å². The molecule has 0 aromatic heterocycles. The molecule has 1 saturated heterocycles. The zero-order valence-corrected chi connectivity index (χ0v) is 10.1. The van der Waals surface area contributed by atoms with Crippen LogP contribution in [0, 0.1) is 5.82 Å². The Morgan fingerprint density at radius 3 is 2.89 bits per heavy atom. The third-order valence-electron chi connectivity index (χ3n) is 2.83. The van der Waals surface area contributed by atoms with Gasteiger partial charge >= 0.3 is 0 Å². The molecular formula is C13H17FN2O2. The highest BCUT2D eigenvalue weighted by Crippen LogP contribution is 2.09. The van der Waals surface area contributed by atoms with Gasteiger partial charge in [-0.15, -0.1) is 0 Å². The molecule has 1 unspecified atom stereocenters. The lowest BCUT2D eigenvalue weighted by atomic mass is 10.1. The quantitative estimate of drug-likeness (QED) is 0.854. The van der Waals surface area contributed by atoms with Gasteiger partial charge in [-0.1, -0.05) is 0 Å². The molecule has 0 saturated carbocycles. The summed E-state index contributed by atoms with van der Waals surface area (Å²) < 4.78 is 18.2. The van der Waals surface area contributed by atoms with Crippen molar-refractivity contribution in [2.45, 2.75) is 18.9 Å². The SMILES string of the molecule is O=C(COC1CCCNC1)Nc1ccc(F)cc1. The van der Waals surface area contributed by atoms with Crippen LogP contribution in [0.4, 0.5) is 10.1 Å². The number of carbonyl (C=O) groups excluding carboxylic acids is 1. The van der Waals surface area contributed by atoms with Gasteiger partial charge in [0.05, 0.1) is 6.10 Å². The summed E-state index contributed by atoms with van der Waals surface area (Å²) in [6.07, 6.45) is 2.17. The summed E-state index contributed by atoms with van der Waals surface area (Å²) >= 11 is 0. The van der Waals surface area contributed by atoms with Gasteiger partial charge in [0.2, 0.25) is 5.91 Å². The Kier molecular flexibility index (Phi) is 4.66. The van der Waals surface area contributed by atoms with E-state index in [-0.39, 0.29) is 24.4 Å². The first-order valence-corrected chi connectivity index (χ1v) is 6.12. The van der Waals surface area contributed by atoms with E-state index >= 15 is 0 Å². The third-order valence-corrected chi connectivity index (χ3v) is 2.83. The van der Waals surface area contributed by atoms with Gasteiger partial charge < -0.3 is 15.4 Å². The fraction of sp³-hybridized carbons (Fsp3) is 0.462. The molecule has 0 aliphatic carbocycles. The smallest absolute Gasteiger partial charge is 0.250 e. The highest BCUT2D eigenvalue weighted by atomic mass is 19.1. The Labute approximate surface area is 106 Å². The molecule has 2 rings (SSSR count). The van der Waals surface area contributed by atoms with Gasteiger partial charge in [-0.05, 0) is 43.7 Å². The lowest BCUT2D eigenvalue weighted by Crippen LogP contribution is -2.37. The van der Waals surface area contributed by atoms with E-state index in [9.17, 15) is 9.18 Å². The van der Waals surface area contributed by atoms with E-state index in [1.807, 2.05) is 0 Å². The Bertz CT molecular complexity index is 388. The normalized spacial score (nSPS) is 19.5. The lowest BCUT2D eigenvalue weighted by Gasteiger charge is -2.22. The molecule has 1 aliphatic heterocycles. The van der Waals surface area contributed by atoms with Crippen LogP contribution in [0.15, 0.2) is 24.3 Å². The summed E-state index contributed by atoms with van der Waals surface area (Å²) in [6.45, 7) is 1.84. The number of amides is 1. The number of benzene rings is 1. The van der Waals surface area contributed by atoms with E-state index in [0.29, 0.717) is 5.69 Å². The minimum Gasteiger partial charge on any atom is -0.367 e. The van der Waals surface area contributed by atoms with Crippen LogP contribution in [0.1, 0.15) is 12.8 Å². The number of carbonyl (C=O) groups is 1. The van der Waals surface area contributed by atoms with Gasteiger partial charge in [0.1, 0.15) is 12.4 Å². The second kappa shape index (κ2) is 6.47. The molecular weight excluding hydrogens is 235 g/mol. The maximum absolute atomic E-state index is 12.7. The molecule has 0 radical (unpaired) electrons. The minimum absolute atomic E-state index is 0.0315. The van der Waals surface area contributed by atoms with Crippen LogP contribution in [0.5, 0.6) is 0 Å². The molecule has 0 spiro atoms. The molecule has 1 aromatic carbocycles. The number of hydrogen-bond acceptors (Lipinski definition) is 3. The molecule has 4 nitrogen and oxygen atoms in total. The van der Waals surface area contributed by atoms with Gasteiger partial charge in [-0.3, -0.25) is 4.79 Å². The number of nitrogens with one attached hydrogen (secondary N) is 2. The molecule has 1 aromatic rings. The predicted molar refractivity (Wildman–Crippen MR) is 66.9 cm³/mol. The Morgan fingerprint density at radius 2 is 2.22 bits per heavy atom. The zero-order chi connectivity index (χ0) is 12.8. The fourth-order valence-corrected chi connectivity index (χ4v) is 1.89. The van der Waals surface area contributed by atoms with Crippen molar-refractivity contribution in [3.05, 3.63) is 30.1 Å². The van der Waals surface area contributed by atoms with Crippen LogP contribution in [-0.2, 0) is 9.53 Å². The summed E-state index contributed by atoms with van der Waals surface area (Å²) in [4.78, 5) is 11.6. The van der Waals surface area contributed by atoms with Crippen molar-refractivity contribution in [3.63, 3.8) is 0 Å². The van der Waals surface area contributed by atoms with E-state index in [2.05, 4.69) is 10.6 Å². The van der Waals surface area contributed by atoms with Gasteiger partial charge in [-0.25, -0.2) is 4.39 Å².